The molecule has 2 unspecified atom stereocenters. The Morgan fingerprint density at radius 1 is 0.921 bits per heavy atom. The lowest BCUT2D eigenvalue weighted by atomic mass is 9.97. The second-order valence-electron chi connectivity index (χ2n) is 11.1. The van der Waals surface area contributed by atoms with Gasteiger partial charge in [-0.3, -0.25) is 9.59 Å². The number of ether oxygens (including phenoxy) is 1. The van der Waals surface area contributed by atoms with Crippen molar-refractivity contribution in [3.63, 3.8) is 0 Å². The number of rotatable bonds is 8. The summed E-state index contributed by atoms with van der Waals surface area (Å²) >= 11 is 0. The average Bonchev–Trinajstić information content (AvgIpc) is 2.83. The number of amides is 3. The van der Waals surface area contributed by atoms with Crippen molar-refractivity contribution in [1.29, 1.82) is 0 Å². The molecule has 0 aliphatic carbocycles. The van der Waals surface area contributed by atoms with Crippen molar-refractivity contribution in [2.75, 3.05) is 12.4 Å². The summed E-state index contributed by atoms with van der Waals surface area (Å²) in [6, 6.07) is 19.4. The third kappa shape index (κ3) is 7.57. The number of nitrogens with one attached hydrogen (secondary N) is 2. The molecule has 0 bridgehead atoms. The molecule has 0 spiro atoms. The molecule has 0 saturated heterocycles. The van der Waals surface area contributed by atoms with Crippen molar-refractivity contribution in [3.8, 4) is 0 Å². The van der Waals surface area contributed by atoms with Gasteiger partial charge in [-0.15, -0.1) is 0 Å². The Labute approximate surface area is 225 Å². The van der Waals surface area contributed by atoms with Gasteiger partial charge in [-0.1, -0.05) is 68.4 Å². The summed E-state index contributed by atoms with van der Waals surface area (Å²) < 4.78 is 5.41. The van der Waals surface area contributed by atoms with E-state index in [9.17, 15) is 14.4 Å². The highest BCUT2D eigenvalue weighted by Gasteiger charge is 2.35. The van der Waals surface area contributed by atoms with Crippen LogP contribution in [-0.2, 0) is 14.3 Å². The maximum Gasteiger partial charge on any atom is 0.408 e. The molecule has 7 heteroatoms. The fourth-order valence-corrected chi connectivity index (χ4v) is 4.41. The minimum atomic E-state index is -0.912. The van der Waals surface area contributed by atoms with Crippen LogP contribution in [0, 0.1) is 12.8 Å². The van der Waals surface area contributed by atoms with Gasteiger partial charge in [0.05, 0.1) is 0 Å². The van der Waals surface area contributed by atoms with Gasteiger partial charge in [0.25, 0.3) is 5.91 Å². The SMILES string of the molecule is Cc1ccccc1C(C(=O)Nc1ccc2ccccc2c1)N(C)C(=O)C(CC(C)C)NC(=O)OC(C)(C)C. The number of aryl methyl sites for hydroxylation is 1. The first-order valence-electron chi connectivity index (χ1n) is 13.0. The molecule has 202 valence electrons. The van der Waals surface area contributed by atoms with Gasteiger partial charge in [0, 0.05) is 12.7 Å². The topological polar surface area (TPSA) is 87.7 Å². The average molecular weight is 518 g/mol. The predicted octanol–water partition coefficient (Wildman–Crippen LogP) is 6.23. The monoisotopic (exact) mass is 517 g/mol. The van der Waals surface area contributed by atoms with Crippen molar-refractivity contribution in [3.05, 3.63) is 77.9 Å². The molecule has 38 heavy (non-hydrogen) atoms. The molecule has 0 saturated carbocycles. The van der Waals surface area contributed by atoms with E-state index in [2.05, 4.69) is 10.6 Å². The van der Waals surface area contributed by atoms with Gasteiger partial charge in [-0.25, -0.2) is 4.79 Å². The predicted molar refractivity (Wildman–Crippen MR) is 152 cm³/mol. The smallest absolute Gasteiger partial charge is 0.408 e. The van der Waals surface area contributed by atoms with Gasteiger partial charge >= 0.3 is 6.09 Å². The summed E-state index contributed by atoms with van der Waals surface area (Å²) in [5.41, 5.74) is 1.53. The molecule has 2 atom stereocenters. The number of benzene rings is 3. The zero-order valence-corrected chi connectivity index (χ0v) is 23.4. The van der Waals surface area contributed by atoms with Crippen LogP contribution in [0.5, 0.6) is 0 Å². The number of carbonyl (C=O) groups excluding carboxylic acids is 3. The minimum absolute atomic E-state index is 0.121. The fourth-order valence-electron chi connectivity index (χ4n) is 4.41. The van der Waals surface area contributed by atoms with E-state index in [0.29, 0.717) is 17.7 Å². The van der Waals surface area contributed by atoms with E-state index in [4.69, 9.17) is 4.74 Å². The van der Waals surface area contributed by atoms with E-state index in [1.54, 1.807) is 27.8 Å². The van der Waals surface area contributed by atoms with Crippen molar-refractivity contribution in [1.82, 2.24) is 10.2 Å². The molecule has 0 aliphatic rings. The summed E-state index contributed by atoms with van der Waals surface area (Å²) in [5, 5.41) is 7.80. The number of fused-ring (bicyclic) bond motifs is 1. The summed E-state index contributed by atoms with van der Waals surface area (Å²) in [6.07, 6.45) is -0.271. The van der Waals surface area contributed by atoms with Gasteiger partial charge in [0.2, 0.25) is 5.91 Å². The van der Waals surface area contributed by atoms with Crippen molar-refractivity contribution in [2.45, 2.75) is 65.6 Å². The number of carbonyl (C=O) groups is 3. The van der Waals surface area contributed by atoms with Crippen LogP contribution < -0.4 is 10.6 Å². The zero-order valence-electron chi connectivity index (χ0n) is 23.4. The van der Waals surface area contributed by atoms with Gasteiger partial charge in [0.15, 0.2) is 0 Å². The fraction of sp³-hybridized carbons (Fsp3) is 0.387. The summed E-state index contributed by atoms with van der Waals surface area (Å²) in [7, 11) is 1.60. The first kappa shape index (κ1) is 28.7. The van der Waals surface area contributed by atoms with Crippen molar-refractivity contribution < 1.29 is 19.1 Å². The number of nitrogens with zero attached hydrogens (tertiary/aromatic N) is 1. The van der Waals surface area contributed by atoms with Crippen LogP contribution in [0.25, 0.3) is 10.8 Å². The molecule has 0 aliphatic heterocycles. The summed E-state index contributed by atoms with van der Waals surface area (Å²) in [4.78, 5) is 41.6. The summed E-state index contributed by atoms with van der Waals surface area (Å²) in [6.45, 7) is 11.2. The minimum Gasteiger partial charge on any atom is -0.444 e. The van der Waals surface area contributed by atoms with Crippen LogP contribution in [0.2, 0.25) is 0 Å². The molecule has 3 aromatic carbocycles. The maximum absolute atomic E-state index is 13.8. The lowest BCUT2D eigenvalue weighted by Gasteiger charge is -2.32. The molecule has 0 fully saturated rings. The van der Waals surface area contributed by atoms with Crippen LogP contribution in [-0.4, -0.2) is 41.5 Å². The largest absolute Gasteiger partial charge is 0.444 e. The van der Waals surface area contributed by atoms with E-state index in [1.165, 1.54) is 4.90 Å². The highest BCUT2D eigenvalue weighted by molar-refractivity contribution is 6.00. The number of alkyl carbamates (subject to hydrolysis) is 1. The zero-order chi connectivity index (χ0) is 28.0. The van der Waals surface area contributed by atoms with Crippen LogP contribution in [0.3, 0.4) is 0 Å². The second-order valence-corrected chi connectivity index (χ2v) is 11.1. The molecule has 0 heterocycles. The van der Waals surface area contributed by atoms with Crippen molar-refractivity contribution in [2.24, 2.45) is 5.92 Å². The molecule has 3 rings (SSSR count). The third-order valence-electron chi connectivity index (χ3n) is 6.18. The molecular formula is C31H39N3O4. The molecule has 7 nitrogen and oxygen atoms in total. The number of hydrogen-bond donors (Lipinski definition) is 2. The van der Waals surface area contributed by atoms with Crippen LogP contribution >= 0.6 is 0 Å². The van der Waals surface area contributed by atoms with Gasteiger partial charge in [-0.05, 0) is 74.1 Å². The molecular weight excluding hydrogens is 478 g/mol. The standard InChI is InChI=1S/C31H39N3O4/c1-20(2)18-26(33-30(37)38-31(4,5)6)29(36)34(7)27(25-15-11-8-12-21(25)3)28(35)32-24-17-16-22-13-9-10-14-23(22)19-24/h8-17,19-20,26-27H,18H2,1-7H3,(H,32,35)(H,33,37). The Balaban J connectivity index is 1.93. The second kappa shape index (κ2) is 12.1. The Kier molecular flexibility index (Phi) is 9.15. The van der Waals surface area contributed by atoms with E-state index in [-0.39, 0.29) is 17.7 Å². The molecule has 2 N–H and O–H groups in total. The van der Waals surface area contributed by atoms with E-state index in [1.807, 2.05) is 87.5 Å². The molecule has 0 aromatic heterocycles. The van der Waals surface area contributed by atoms with Crippen LogP contribution in [0.1, 0.15) is 58.2 Å². The Bertz CT molecular complexity index is 1300. The van der Waals surface area contributed by atoms with Crippen LogP contribution in [0.15, 0.2) is 66.7 Å². The van der Waals surface area contributed by atoms with E-state index >= 15 is 0 Å². The van der Waals surface area contributed by atoms with E-state index in [0.717, 1.165) is 16.3 Å². The maximum atomic E-state index is 13.8. The Hall–Kier alpha value is -3.87. The van der Waals surface area contributed by atoms with Gasteiger partial charge < -0.3 is 20.3 Å². The van der Waals surface area contributed by atoms with Gasteiger partial charge in [0.1, 0.15) is 17.7 Å². The summed E-state index contributed by atoms with van der Waals surface area (Å²) in [5.74, 6) is -0.590. The first-order valence-corrected chi connectivity index (χ1v) is 13.0. The molecule has 0 radical (unpaired) electrons. The van der Waals surface area contributed by atoms with Crippen LogP contribution in [0.4, 0.5) is 10.5 Å². The number of anilines is 1. The first-order chi connectivity index (χ1) is 17.9. The number of likely N-dealkylation sites (N-methyl/N-ethyl adjacent to an activating group) is 1. The molecule has 3 amide bonds. The lowest BCUT2D eigenvalue weighted by Crippen LogP contribution is -2.51. The normalized spacial score (nSPS) is 13.1. The Morgan fingerprint density at radius 3 is 2.18 bits per heavy atom. The quantitative estimate of drug-likeness (QED) is 0.371. The Morgan fingerprint density at radius 2 is 1.55 bits per heavy atom. The van der Waals surface area contributed by atoms with E-state index < -0.39 is 23.8 Å². The van der Waals surface area contributed by atoms with Gasteiger partial charge in [-0.2, -0.15) is 0 Å². The molecule has 3 aromatic rings. The lowest BCUT2D eigenvalue weighted by molar-refractivity contribution is -0.139. The highest BCUT2D eigenvalue weighted by Crippen LogP contribution is 2.27. The van der Waals surface area contributed by atoms with Crippen molar-refractivity contribution >= 4 is 34.4 Å². The third-order valence-corrected chi connectivity index (χ3v) is 6.18. The highest BCUT2D eigenvalue weighted by atomic mass is 16.6. The number of hydrogen-bond acceptors (Lipinski definition) is 4.